The zero-order valence-electron chi connectivity index (χ0n) is 12.3. The summed E-state index contributed by atoms with van der Waals surface area (Å²) in [6.07, 6.45) is 4.89. The van der Waals surface area contributed by atoms with Gasteiger partial charge in [0.05, 0.1) is 15.1 Å². The summed E-state index contributed by atoms with van der Waals surface area (Å²) in [5.41, 5.74) is 6.63. The molecule has 0 saturated carbocycles. The van der Waals surface area contributed by atoms with E-state index in [1.165, 1.54) is 28.1 Å². The predicted molar refractivity (Wildman–Crippen MR) is 91.9 cm³/mol. The third-order valence-electron chi connectivity index (χ3n) is 3.44. The van der Waals surface area contributed by atoms with Gasteiger partial charge in [0.25, 0.3) is 0 Å². The van der Waals surface area contributed by atoms with Crippen LogP contribution in [0.2, 0.25) is 0 Å². The average molecular weight is 341 g/mol. The SMILES string of the molecule is Nc1ccc(Oc2ccnc3cc(-c4nccn4N)sc23)c(F)c1. The van der Waals surface area contributed by atoms with Crippen LogP contribution in [0.1, 0.15) is 0 Å². The zero-order chi connectivity index (χ0) is 16.7. The van der Waals surface area contributed by atoms with E-state index < -0.39 is 5.82 Å². The van der Waals surface area contributed by atoms with Crippen molar-refractivity contribution in [2.45, 2.75) is 0 Å². The first-order valence-electron chi connectivity index (χ1n) is 7.02. The summed E-state index contributed by atoms with van der Waals surface area (Å²) >= 11 is 1.43. The fraction of sp³-hybridized carbons (Fsp3) is 0. The van der Waals surface area contributed by atoms with Crippen LogP contribution in [-0.2, 0) is 0 Å². The topological polar surface area (TPSA) is 92.0 Å². The summed E-state index contributed by atoms with van der Waals surface area (Å²) in [7, 11) is 0. The molecular formula is C16H12FN5OS. The first-order chi connectivity index (χ1) is 11.6. The number of nitrogens with two attached hydrogens (primary N) is 2. The molecule has 0 aliphatic rings. The van der Waals surface area contributed by atoms with Gasteiger partial charge in [-0.2, -0.15) is 0 Å². The third-order valence-corrected chi connectivity index (χ3v) is 4.58. The van der Waals surface area contributed by atoms with Gasteiger partial charge in [-0.05, 0) is 18.2 Å². The van der Waals surface area contributed by atoms with Crippen molar-refractivity contribution in [1.82, 2.24) is 14.6 Å². The Morgan fingerprint density at radius 3 is 2.71 bits per heavy atom. The number of pyridine rings is 1. The lowest BCUT2D eigenvalue weighted by molar-refractivity contribution is 0.447. The van der Waals surface area contributed by atoms with Gasteiger partial charge < -0.3 is 16.3 Å². The van der Waals surface area contributed by atoms with Crippen LogP contribution in [0.4, 0.5) is 10.1 Å². The van der Waals surface area contributed by atoms with Crippen molar-refractivity contribution in [2.75, 3.05) is 11.6 Å². The molecule has 0 amide bonds. The minimum Gasteiger partial charge on any atom is -0.453 e. The number of hydrogen-bond donors (Lipinski definition) is 2. The van der Waals surface area contributed by atoms with Gasteiger partial charge in [-0.15, -0.1) is 11.3 Å². The fourth-order valence-corrected chi connectivity index (χ4v) is 3.39. The van der Waals surface area contributed by atoms with Crippen molar-refractivity contribution >= 4 is 27.2 Å². The van der Waals surface area contributed by atoms with Gasteiger partial charge in [0.1, 0.15) is 5.75 Å². The van der Waals surface area contributed by atoms with E-state index in [-0.39, 0.29) is 5.75 Å². The molecule has 8 heteroatoms. The van der Waals surface area contributed by atoms with Crippen LogP contribution >= 0.6 is 11.3 Å². The number of ether oxygens (including phenoxy) is 1. The first-order valence-corrected chi connectivity index (χ1v) is 7.83. The van der Waals surface area contributed by atoms with Crippen molar-refractivity contribution < 1.29 is 9.13 Å². The molecule has 4 rings (SSSR count). The van der Waals surface area contributed by atoms with Gasteiger partial charge in [0.15, 0.2) is 17.4 Å². The van der Waals surface area contributed by atoms with E-state index in [0.717, 1.165) is 15.1 Å². The number of thiophene rings is 1. The minimum absolute atomic E-state index is 0.104. The van der Waals surface area contributed by atoms with Gasteiger partial charge in [0, 0.05) is 36.4 Å². The van der Waals surface area contributed by atoms with Crippen molar-refractivity contribution in [3.8, 4) is 22.2 Å². The molecular weight excluding hydrogens is 329 g/mol. The molecule has 3 aromatic heterocycles. The van der Waals surface area contributed by atoms with Crippen molar-refractivity contribution in [3.05, 3.63) is 54.7 Å². The second-order valence-corrected chi connectivity index (χ2v) is 6.14. The fourth-order valence-electron chi connectivity index (χ4n) is 2.33. The molecule has 0 aliphatic heterocycles. The number of hydrogen-bond acceptors (Lipinski definition) is 6. The van der Waals surface area contributed by atoms with Crippen LogP contribution < -0.4 is 16.3 Å². The van der Waals surface area contributed by atoms with Gasteiger partial charge in [-0.1, -0.05) is 0 Å². The molecule has 0 fully saturated rings. The summed E-state index contributed by atoms with van der Waals surface area (Å²) in [5.74, 6) is 6.56. The number of imidazole rings is 1. The maximum Gasteiger partial charge on any atom is 0.168 e. The van der Waals surface area contributed by atoms with Crippen LogP contribution in [0.3, 0.4) is 0 Å². The van der Waals surface area contributed by atoms with E-state index >= 15 is 0 Å². The largest absolute Gasteiger partial charge is 0.453 e. The van der Waals surface area contributed by atoms with Crippen molar-refractivity contribution in [3.63, 3.8) is 0 Å². The number of fused-ring (bicyclic) bond motifs is 1. The lowest BCUT2D eigenvalue weighted by Gasteiger charge is -2.07. The molecule has 0 saturated heterocycles. The minimum atomic E-state index is -0.519. The Kier molecular flexibility index (Phi) is 3.31. The maximum absolute atomic E-state index is 14.0. The number of nitrogen functional groups attached to an aromatic ring is 2. The van der Waals surface area contributed by atoms with Crippen LogP contribution in [0.5, 0.6) is 11.5 Å². The van der Waals surface area contributed by atoms with E-state index in [0.29, 0.717) is 17.3 Å². The molecule has 120 valence electrons. The highest BCUT2D eigenvalue weighted by Gasteiger charge is 2.14. The molecule has 24 heavy (non-hydrogen) atoms. The van der Waals surface area contributed by atoms with Crippen LogP contribution in [-0.4, -0.2) is 14.6 Å². The second-order valence-electron chi connectivity index (χ2n) is 5.08. The van der Waals surface area contributed by atoms with E-state index in [9.17, 15) is 4.39 Å². The van der Waals surface area contributed by atoms with Crippen molar-refractivity contribution in [2.24, 2.45) is 0 Å². The molecule has 0 atom stereocenters. The van der Waals surface area contributed by atoms with Crippen LogP contribution in [0.15, 0.2) is 48.9 Å². The van der Waals surface area contributed by atoms with Gasteiger partial charge >= 0.3 is 0 Å². The lowest BCUT2D eigenvalue weighted by Crippen LogP contribution is -2.07. The molecule has 1 aromatic carbocycles. The Morgan fingerprint density at radius 1 is 1.08 bits per heavy atom. The van der Waals surface area contributed by atoms with Crippen molar-refractivity contribution in [1.29, 1.82) is 0 Å². The van der Waals surface area contributed by atoms with E-state index in [4.69, 9.17) is 16.3 Å². The Bertz CT molecular complexity index is 1040. The smallest absolute Gasteiger partial charge is 0.168 e. The predicted octanol–water partition coefficient (Wildman–Crippen LogP) is 3.39. The number of aromatic nitrogens is 3. The van der Waals surface area contributed by atoms with Gasteiger partial charge in [-0.3, -0.25) is 4.98 Å². The Labute approximate surface area is 140 Å². The standard InChI is InChI=1S/C16H12FN5OS/c17-10-7-9(18)1-2-12(10)23-13-3-4-20-11-8-14(24-15(11)13)16-21-5-6-22(16)19/h1-8H,18-19H2. The lowest BCUT2D eigenvalue weighted by atomic mass is 10.3. The summed E-state index contributed by atoms with van der Waals surface area (Å²) in [6, 6.07) is 7.87. The molecule has 4 N–H and O–H groups in total. The molecule has 4 aromatic rings. The first kappa shape index (κ1) is 14.5. The summed E-state index contributed by atoms with van der Waals surface area (Å²) in [6.45, 7) is 0. The number of halogens is 1. The molecule has 3 heterocycles. The summed E-state index contributed by atoms with van der Waals surface area (Å²) < 4.78 is 21.9. The number of benzene rings is 1. The normalized spacial score (nSPS) is 11.0. The molecule has 6 nitrogen and oxygen atoms in total. The number of anilines is 1. The van der Waals surface area contributed by atoms with Crippen LogP contribution in [0, 0.1) is 5.82 Å². The molecule has 0 aliphatic carbocycles. The average Bonchev–Trinajstić information content (AvgIpc) is 3.16. The van der Waals surface area contributed by atoms with E-state index in [1.807, 2.05) is 6.07 Å². The number of nitrogens with zero attached hydrogens (tertiary/aromatic N) is 3. The summed E-state index contributed by atoms with van der Waals surface area (Å²) in [4.78, 5) is 9.39. The maximum atomic E-state index is 14.0. The highest BCUT2D eigenvalue weighted by molar-refractivity contribution is 7.22. The van der Waals surface area contributed by atoms with Gasteiger partial charge in [-0.25, -0.2) is 14.1 Å². The molecule has 0 unspecified atom stereocenters. The van der Waals surface area contributed by atoms with Gasteiger partial charge in [0.2, 0.25) is 0 Å². The van der Waals surface area contributed by atoms with E-state index in [1.54, 1.807) is 30.7 Å². The third kappa shape index (κ3) is 2.42. The highest BCUT2D eigenvalue weighted by Crippen LogP contribution is 2.38. The molecule has 0 spiro atoms. The zero-order valence-corrected chi connectivity index (χ0v) is 13.1. The Balaban J connectivity index is 1.79. The van der Waals surface area contributed by atoms with Crippen LogP contribution in [0.25, 0.3) is 20.9 Å². The Hall–Kier alpha value is -3.13. The highest BCUT2D eigenvalue weighted by atomic mass is 32.1. The molecule has 0 radical (unpaired) electrons. The van der Waals surface area contributed by atoms with E-state index in [2.05, 4.69) is 9.97 Å². The molecule has 0 bridgehead atoms. The second kappa shape index (κ2) is 5.50. The monoisotopic (exact) mass is 341 g/mol. The quantitative estimate of drug-likeness (QED) is 0.440. The Morgan fingerprint density at radius 2 is 1.96 bits per heavy atom. The summed E-state index contributed by atoms with van der Waals surface area (Å²) in [5, 5.41) is 0. The number of rotatable bonds is 3.